The first-order chi connectivity index (χ1) is 19.0. The summed E-state index contributed by atoms with van der Waals surface area (Å²) < 4.78 is 5.59. The smallest absolute Gasteiger partial charge is 0.251 e. The third-order valence-electron chi connectivity index (χ3n) is 6.83. The lowest BCUT2D eigenvalue weighted by Crippen LogP contribution is -2.47. The van der Waals surface area contributed by atoms with Crippen LogP contribution in [0.4, 0.5) is 5.69 Å². The number of carbonyl (C=O) groups is 2. The fourth-order valence-electron chi connectivity index (χ4n) is 4.96. The Hall–Kier alpha value is -4.38. The van der Waals surface area contributed by atoms with Gasteiger partial charge in [0.25, 0.3) is 5.91 Å². The Balaban J connectivity index is 1.38. The number of furan rings is 1. The summed E-state index contributed by atoms with van der Waals surface area (Å²) >= 11 is 1.43. The molecule has 1 aliphatic rings. The zero-order valence-corrected chi connectivity index (χ0v) is 22.2. The monoisotopic (exact) mass is 541 g/mol. The van der Waals surface area contributed by atoms with Gasteiger partial charge in [-0.1, -0.05) is 37.1 Å². The number of amides is 2. The van der Waals surface area contributed by atoms with Crippen LogP contribution in [0.1, 0.15) is 42.4 Å². The second-order valence-electron chi connectivity index (χ2n) is 9.61. The van der Waals surface area contributed by atoms with Crippen LogP contribution in [0, 0.1) is 6.92 Å². The molecule has 39 heavy (non-hydrogen) atoms. The van der Waals surface area contributed by atoms with E-state index in [0.29, 0.717) is 11.4 Å². The third-order valence-corrected chi connectivity index (χ3v) is 7.76. The van der Waals surface area contributed by atoms with E-state index in [2.05, 4.69) is 25.7 Å². The standard InChI is InChI=1S/C28H27N7O3S/c1-18-12-13-23(38-18)27-31-33-34(32-27)17-25(36)35(21-15-19-7-2-5-10-22(19)29-16-21)26(24-11-6-14-39-24)28(37)30-20-8-3-4-9-20/h2,5-7,10-16,20,26H,3-4,8-9,17H2,1H3,(H,30,37)/t26-/m0/s1. The summed E-state index contributed by atoms with van der Waals surface area (Å²) in [6.07, 6.45) is 5.68. The minimum absolute atomic E-state index is 0.0999. The first-order valence-corrected chi connectivity index (χ1v) is 13.8. The van der Waals surface area contributed by atoms with Crippen LogP contribution in [0.2, 0.25) is 0 Å². The van der Waals surface area contributed by atoms with Crippen LogP contribution in [-0.4, -0.2) is 43.0 Å². The molecular weight excluding hydrogens is 514 g/mol. The number of rotatable bonds is 8. The molecule has 1 saturated carbocycles. The van der Waals surface area contributed by atoms with Gasteiger partial charge in [-0.25, -0.2) is 0 Å². The fourth-order valence-corrected chi connectivity index (χ4v) is 5.77. The first-order valence-electron chi connectivity index (χ1n) is 12.9. The van der Waals surface area contributed by atoms with E-state index in [1.165, 1.54) is 21.0 Å². The van der Waals surface area contributed by atoms with Gasteiger partial charge in [0.05, 0.1) is 17.4 Å². The van der Waals surface area contributed by atoms with E-state index < -0.39 is 6.04 Å². The molecular formula is C28H27N7O3S. The maximum atomic E-state index is 14.0. The number of anilines is 1. The molecule has 4 aromatic heterocycles. The number of carbonyl (C=O) groups excluding carboxylic acids is 2. The number of hydrogen-bond donors (Lipinski definition) is 1. The Morgan fingerprint density at radius 3 is 2.77 bits per heavy atom. The van der Waals surface area contributed by atoms with E-state index >= 15 is 0 Å². The zero-order chi connectivity index (χ0) is 26.8. The molecule has 4 heterocycles. The number of pyridine rings is 1. The molecule has 0 saturated heterocycles. The number of nitrogens with zero attached hydrogens (tertiary/aromatic N) is 6. The molecule has 5 aromatic rings. The summed E-state index contributed by atoms with van der Waals surface area (Å²) in [4.78, 5) is 36.0. The van der Waals surface area contributed by atoms with Gasteiger partial charge in [0, 0.05) is 16.3 Å². The molecule has 0 bridgehead atoms. The van der Waals surface area contributed by atoms with E-state index in [0.717, 1.165) is 47.2 Å². The largest absolute Gasteiger partial charge is 0.458 e. The zero-order valence-electron chi connectivity index (χ0n) is 21.4. The number of aromatic nitrogens is 5. The molecule has 11 heteroatoms. The second kappa shape index (κ2) is 10.8. The highest BCUT2D eigenvalue weighted by Crippen LogP contribution is 2.33. The molecule has 0 spiro atoms. The molecule has 1 atom stereocenters. The molecule has 198 valence electrons. The summed E-state index contributed by atoms with van der Waals surface area (Å²) in [6, 6.07) is 16.1. The SMILES string of the molecule is Cc1ccc(-c2nnn(CC(=O)N(c3cnc4ccccc4c3)[C@H](C(=O)NC3CCCC3)c3cccs3)n2)o1. The van der Waals surface area contributed by atoms with Gasteiger partial charge in [-0.3, -0.25) is 19.5 Å². The van der Waals surface area contributed by atoms with Crippen molar-refractivity contribution in [3.05, 3.63) is 76.8 Å². The lowest BCUT2D eigenvalue weighted by Gasteiger charge is -2.31. The molecule has 0 radical (unpaired) electrons. The van der Waals surface area contributed by atoms with E-state index in [4.69, 9.17) is 4.42 Å². The van der Waals surface area contributed by atoms with Crippen LogP contribution in [0.15, 0.2) is 70.6 Å². The molecule has 1 N–H and O–H groups in total. The number of benzene rings is 1. The van der Waals surface area contributed by atoms with Crippen LogP contribution in [0.5, 0.6) is 0 Å². The van der Waals surface area contributed by atoms with E-state index in [1.54, 1.807) is 12.3 Å². The average molecular weight is 542 g/mol. The number of aryl methyl sites for hydroxylation is 1. The number of fused-ring (bicyclic) bond motifs is 1. The van der Waals surface area contributed by atoms with Crippen molar-refractivity contribution in [2.24, 2.45) is 0 Å². The van der Waals surface area contributed by atoms with Crippen LogP contribution < -0.4 is 10.2 Å². The Bertz CT molecular complexity index is 1600. The van der Waals surface area contributed by atoms with Crippen molar-refractivity contribution in [1.82, 2.24) is 30.5 Å². The van der Waals surface area contributed by atoms with Gasteiger partial charge in [-0.2, -0.15) is 4.80 Å². The number of hydrogen-bond acceptors (Lipinski definition) is 8. The molecule has 0 unspecified atom stereocenters. The van der Waals surface area contributed by atoms with Crippen molar-refractivity contribution in [1.29, 1.82) is 0 Å². The maximum absolute atomic E-state index is 14.0. The molecule has 1 fully saturated rings. The van der Waals surface area contributed by atoms with E-state index in [9.17, 15) is 9.59 Å². The van der Waals surface area contributed by atoms with Crippen molar-refractivity contribution < 1.29 is 14.0 Å². The summed E-state index contributed by atoms with van der Waals surface area (Å²) in [5.74, 6) is 0.882. The first kappa shape index (κ1) is 24.9. The lowest BCUT2D eigenvalue weighted by molar-refractivity contribution is -0.127. The topological polar surface area (TPSA) is 119 Å². The van der Waals surface area contributed by atoms with Gasteiger partial charge >= 0.3 is 0 Å². The second-order valence-corrected chi connectivity index (χ2v) is 10.6. The summed E-state index contributed by atoms with van der Waals surface area (Å²) in [7, 11) is 0. The lowest BCUT2D eigenvalue weighted by atomic mass is 10.1. The fraction of sp³-hybridized carbons (Fsp3) is 0.286. The van der Waals surface area contributed by atoms with Gasteiger partial charge < -0.3 is 9.73 Å². The van der Waals surface area contributed by atoms with Crippen molar-refractivity contribution in [2.75, 3.05) is 4.90 Å². The van der Waals surface area contributed by atoms with E-state index in [-0.39, 0.29) is 30.2 Å². The Morgan fingerprint density at radius 1 is 1.15 bits per heavy atom. The highest BCUT2D eigenvalue weighted by atomic mass is 32.1. The van der Waals surface area contributed by atoms with Crippen LogP contribution in [-0.2, 0) is 16.1 Å². The van der Waals surface area contributed by atoms with E-state index in [1.807, 2.05) is 60.8 Å². The minimum Gasteiger partial charge on any atom is -0.458 e. The van der Waals surface area contributed by atoms with Gasteiger partial charge in [0.15, 0.2) is 5.76 Å². The van der Waals surface area contributed by atoms with Crippen LogP contribution in [0.3, 0.4) is 0 Å². The minimum atomic E-state index is -0.878. The molecule has 1 aromatic carbocycles. The average Bonchev–Trinajstić information content (AvgIpc) is 3.76. The highest BCUT2D eigenvalue weighted by molar-refractivity contribution is 7.10. The third kappa shape index (κ3) is 5.30. The van der Waals surface area contributed by atoms with Crippen LogP contribution in [0.25, 0.3) is 22.5 Å². The molecule has 6 rings (SSSR count). The predicted octanol–water partition coefficient (Wildman–Crippen LogP) is 4.68. The normalized spacial score (nSPS) is 14.5. The van der Waals surface area contributed by atoms with Crippen molar-refractivity contribution in [3.63, 3.8) is 0 Å². The molecule has 0 aliphatic heterocycles. The van der Waals surface area contributed by atoms with Crippen LogP contribution >= 0.6 is 11.3 Å². The van der Waals surface area contributed by atoms with Gasteiger partial charge in [0.1, 0.15) is 18.3 Å². The Kier molecular flexibility index (Phi) is 6.89. The van der Waals surface area contributed by atoms with Crippen molar-refractivity contribution >= 4 is 39.7 Å². The Labute approximate surface area is 228 Å². The van der Waals surface area contributed by atoms with Gasteiger partial charge in [-0.15, -0.1) is 21.5 Å². The highest BCUT2D eigenvalue weighted by Gasteiger charge is 2.35. The van der Waals surface area contributed by atoms with Gasteiger partial charge in [-0.05, 0) is 60.7 Å². The number of thiophene rings is 1. The van der Waals surface area contributed by atoms with Crippen molar-refractivity contribution in [2.45, 2.75) is 51.2 Å². The molecule has 1 aliphatic carbocycles. The maximum Gasteiger partial charge on any atom is 0.251 e. The van der Waals surface area contributed by atoms with Crippen molar-refractivity contribution in [3.8, 4) is 11.6 Å². The number of para-hydroxylation sites is 1. The quantitative estimate of drug-likeness (QED) is 0.303. The summed E-state index contributed by atoms with van der Waals surface area (Å²) in [5, 5.41) is 18.4. The number of nitrogens with one attached hydrogen (secondary N) is 1. The predicted molar refractivity (Wildman–Crippen MR) is 147 cm³/mol. The molecule has 2 amide bonds. The molecule has 10 nitrogen and oxygen atoms in total. The summed E-state index contributed by atoms with van der Waals surface area (Å²) in [6.45, 7) is 1.60. The van der Waals surface area contributed by atoms with Gasteiger partial charge in [0.2, 0.25) is 11.7 Å². The Morgan fingerprint density at radius 2 is 2.00 bits per heavy atom. The summed E-state index contributed by atoms with van der Waals surface area (Å²) in [5.41, 5.74) is 1.31. The number of tetrazole rings is 1.